The molecule has 1 N–H and O–H groups in total. The Labute approximate surface area is 108 Å². The summed E-state index contributed by atoms with van der Waals surface area (Å²) in [5.41, 5.74) is 0.706. The molecule has 1 saturated carbocycles. The van der Waals surface area contributed by atoms with E-state index in [0.717, 1.165) is 25.7 Å². The maximum absolute atomic E-state index is 13.8. The highest BCUT2D eigenvalue weighted by molar-refractivity contribution is 5.20. The van der Waals surface area contributed by atoms with Crippen molar-refractivity contribution >= 4 is 0 Å². The van der Waals surface area contributed by atoms with Gasteiger partial charge in [-0.2, -0.15) is 0 Å². The molecule has 1 aromatic rings. The van der Waals surface area contributed by atoms with E-state index in [1.54, 1.807) is 6.07 Å². The first-order valence-corrected chi connectivity index (χ1v) is 6.75. The number of aliphatic hydroxyl groups is 1. The van der Waals surface area contributed by atoms with Gasteiger partial charge in [-0.1, -0.05) is 31.0 Å². The molecule has 18 heavy (non-hydrogen) atoms. The summed E-state index contributed by atoms with van der Waals surface area (Å²) in [6, 6.07) is 7.03. The molecule has 0 aromatic heterocycles. The lowest BCUT2D eigenvalue weighted by atomic mass is 9.90. The van der Waals surface area contributed by atoms with Crippen LogP contribution in [0, 0.1) is 5.82 Å². The highest BCUT2D eigenvalue weighted by atomic mass is 19.1. The summed E-state index contributed by atoms with van der Waals surface area (Å²) in [4.78, 5) is 2.11. The van der Waals surface area contributed by atoms with Crippen LogP contribution in [-0.2, 0) is 0 Å². The Morgan fingerprint density at radius 1 is 1.28 bits per heavy atom. The highest BCUT2D eigenvalue weighted by Crippen LogP contribution is 2.29. The van der Waals surface area contributed by atoms with Gasteiger partial charge in [0.2, 0.25) is 0 Å². The highest BCUT2D eigenvalue weighted by Gasteiger charge is 2.30. The van der Waals surface area contributed by atoms with Gasteiger partial charge in [0, 0.05) is 17.6 Å². The van der Waals surface area contributed by atoms with Gasteiger partial charge in [0.1, 0.15) is 5.82 Å². The maximum atomic E-state index is 13.8. The first-order chi connectivity index (χ1) is 8.61. The molecule has 1 aliphatic rings. The zero-order chi connectivity index (χ0) is 13.1. The van der Waals surface area contributed by atoms with E-state index < -0.39 is 0 Å². The normalized spacial score (nSPS) is 26.3. The van der Waals surface area contributed by atoms with E-state index in [9.17, 15) is 9.50 Å². The van der Waals surface area contributed by atoms with E-state index in [1.807, 2.05) is 26.1 Å². The molecule has 0 saturated heterocycles. The summed E-state index contributed by atoms with van der Waals surface area (Å²) in [6.07, 6.45) is 3.82. The second-order valence-corrected chi connectivity index (χ2v) is 5.28. The van der Waals surface area contributed by atoms with Gasteiger partial charge in [0.05, 0.1) is 6.10 Å². The van der Waals surface area contributed by atoms with Gasteiger partial charge in [0.25, 0.3) is 0 Å². The maximum Gasteiger partial charge on any atom is 0.127 e. The minimum atomic E-state index is -0.280. The molecule has 2 rings (SSSR count). The molecule has 0 spiro atoms. The molecule has 1 aromatic carbocycles. The van der Waals surface area contributed by atoms with Gasteiger partial charge >= 0.3 is 0 Å². The minimum absolute atomic E-state index is 0.0102. The number of hydrogen-bond acceptors (Lipinski definition) is 2. The van der Waals surface area contributed by atoms with Gasteiger partial charge in [0.15, 0.2) is 0 Å². The number of benzene rings is 1. The Morgan fingerprint density at radius 2 is 1.94 bits per heavy atom. The Balaban J connectivity index is 2.13. The Hall–Kier alpha value is -0.930. The van der Waals surface area contributed by atoms with Crippen LogP contribution in [0.2, 0.25) is 0 Å². The fourth-order valence-electron chi connectivity index (χ4n) is 2.89. The van der Waals surface area contributed by atoms with E-state index >= 15 is 0 Å². The molecular formula is C15H22FNO. The summed E-state index contributed by atoms with van der Waals surface area (Å²) in [5.74, 6) is -0.165. The third kappa shape index (κ3) is 2.73. The van der Waals surface area contributed by atoms with Crippen LogP contribution in [0.15, 0.2) is 24.3 Å². The van der Waals surface area contributed by atoms with Gasteiger partial charge in [-0.05, 0) is 32.9 Å². The smallest absolute Gasteiger partial charge is 0.127 e. The van der Waals surface area contributed by atoms with Crippen molar-refractivity contribution in [3.8, 4) is 0 Å². The Morgan fingerprint density at radius 3 is 2.61 bits per heavy atom. The lowest BCUT2D eigenvalue weighted by Crippen LogP contribution is -2.44. The molecular weight excluding hydrogens is 229 g/mol. The van der Waals surface area contributed by atoms with Crippen LogP contribution < -0.4 is 0 Å². The van der Waals surface area contributed by atoms with Crippen molar-refractivity contribution in [2.75, 3.05) is 7.05 Å². The van der Waals surface area contributed by atoms with Gasteiger partial charge in [-0.25, -0.2) is 4.39 Å². The first kappa shape index (κ1) is 13.5. The average Bonchev–Trinajstić information content (AvgIpc) is 2.38. The number of aliphatic hydroxyl groups excluding tert-OH is 1. The summed E-state index contributed by atoms with van der Waals surface area (Å²) in [5, 5.41) is 10.1. The molecule has 0 amide bonds. The Bertz CT molecular complexity index is 396. The third-order valence-electron chi connectivity index (χ3n) is 4.18. The molecule has 3 atom stereocenters. The number of halogens is 1. The predicted octanol–water partition coefficient (Wildman–Crippen LogP) is 3.12. The predicted molar refractivity (Wildman–Crippen MR) is 70.8 cm³/mol. The molecule has 2 nitrogen and oxygen atoms in total. The third-order valence-corrected chi connectivity index (χ3v) is 4.18. The summed E-state index contributed by atoms with van der Waals surface area (Å²) in [6.45, 7) is 2.00. The number of likely N-dealkylation sites (N-methyl/N-ethyl adjacent to an activating group) is 1. The van der Waals surface area contributed by atoms with Crippen molar-refractivity contribution in [1.29, 1.82) is 0 Å². The number of rotatable bonds is 3. The van der Waals surface area contributed by atoms with E-state index in [2.05, 4.69) is 4.90 Å². The fraction of sp³-hybridized carbons (Fsp3) is 0.600. The number of hydrogen-bond donors (Lipinski definition) is 1. The van der Waals surface area contributed by atoms with E-state index in [4.69, 9.17) is 0 Å². The van der Waals surface area contributed by atoms with E-state index in [0.29, 0.717) is 5.56 Å². The van der Waals surface area contributed by atoms with Crippen molar-refractivity contribution in [3.05, 3.63) is 35.6 Å². The van der Waals surface area contributed by atoms with Crippen LogP contribution in [0.4, 0.5) is 4.39 Å². The summed E-state index contributed by atoms with van der Waals surface area (Å²) < 4.78 is 13.8. The van der Waals surface area contributed by atoms with Crippen LogP contribution in [-0.4, -0.2) is 29.2 Å². The zero-order valence-electron chi connectivity index (χ0n) is 11.1. The fourth-order valence-corrected chi connectivity index (χ4v) is 2.89. The standard InChI is InChI=1S/C15H22FNO/c1-11(12-7-3-4-8-13(12)16)17(2)14-9-5-6-10-15(14)18/h3-4,7-8,11,14-15,18H,5-6,9-10H2,1-2H3. The lowest BCUT2D eigenvalue weighted by Gasteiger charge is -2.38. The monoisotopic (exact) mass is 251 g/mol. The van der Waals surface area contributed by atoms with Crippen molar-refractivity contribution in [3.63, 3.8) is 0 Å². The first-order valence-electron chi connectivity index (χ1n) is 6.75. The molecule has 1 aliphatic carbocycles. The van der Waals surface area contributed by atoms with Crippen molar-refractivity contribution < 1.29 is 9.50 Å². The van der Waals surface area contributed by atoms with Crippen LogP contribution in [0.25, 0.3) is 0 Å². The van der Waals surface area contributed by atoms with Crippen LogP contribution in [0.5, 0.6) is 0 Å². The van der Waals surface area contributed by atoms with Crippen molar-refractivity contribution in [2.45, 2.75) is 50.8 Å². The average molecular weight is 251 g/mol. The van der Waals surface area contributed by atoms with Gasteiger partial charge < -0.3 is 5.11 Å². The SMILES string of the molecule is CC(c1ccccc1F)N(C)C1CCCCC1O. The Kier molecular flexibility index (Phi) is 4.36. The van der Waals surface area contributed by atoms with Crippen LogP contribution in [0.3, 0.4) is 0 Å². The topological polar surface area (TPSA) is 23.5 Å². The van der Waals surface area contributed by atoms with Crippen molar-refractivity contribution in [1.82, 2.24) is 4.90 Å². The minimum Gasteiger partial charge on any atom is -0.391 e. The molecule has 100 valence electrons. The summed E-state index contributed by atoms with van der Waals surface area (Å²) >= 11 is 0. The van der Waals surface area contributed by atoms with Crippen LogP contribution >= 0.6 is 0 Å². The second kappa shape index (κ2) is 5.81. The molecule has 3 heteroatoms. The largest absolute Gasteiger partial charge is 0.391 e. The molecule has 3 unspecified atom stereocenters. The van der Waals surface area contributed by atoms with E-state index in [-0.39, 0.29) is 24.0 Å². The van der Waals surface area contributed by atoms with Gasteiger partial charge in [-0.15, -0.1) is 0 Å². The van der Waals surface area contributed by atoms with Gasteiger partial charge in [-0.3, -0.25) is 4.90 Å². The quantitative estimate of drug-likeness (QED) is 0.892. The number of nitrogens with zero attached hydrogens (tertiary/aromatic N) is 1. The molecule has 1 fully saturated rings. The molecule has 0 aliphatic heterocycles. The second-order valence-electron chi connectivity index (χ2n) is 5.28. The zero-order valence-corrected chi connectivity index (χ0v) is 11.1. The summed E-state index contributed by atoms with van der Waals surface area (Å²) in [7, 11) is 1.98. The lowest BCUT2D eigenvalue weighted by molar-refractivity contribution is 0.0149. The van der Waals surface area contributed by atoms with Crippen molar-refractivity contribution in [2.24, 2.45) is 0 Å². The molecule has 0 bridgehead atoms. The molecule has 0 radical (unpaired) electrons. The molecule has 0 heterocycles. The van der Waals surface area contributed by atoms with Crippen LogP contribution in [0.1, 0.15) is 44.2 Å². The van der Waals surface area contributed by atoms with E-state index in [1.165, 1.54) is 6.07 Å².